The smallest absolute Gasteiger partial charge is 0.150 e. The number of hydrogen-bond acceptors (Lipinski definition) is 3. The van der Waals surface area contributed by atoms with E-state index in [1.165, 1.54) is 6.42 Å². The summed E-state index contributed by atoms with van der Waals surface area (Å²) in [5.41, 5.74) is 0. The Labute approximate surface area is 98.5 Å². The van der Waals surface area contributed by atoms with Crippen molar-refractivity contribution in [2.75, 3.05) is 6.54 Å². The summed E-state index contributed by atoms with van der Waals surface area (Å²) in [6.07, 6.45) is 3.03. The molecule has 16 heavy (non-hydrogen) atoms. The standard InChI is InChI=1S/C12H24N4/c1-5-8-13-10(4)9-16-12(7-3)14-11(6-2)15-16/h10,13H,5-9H2,1-4H3. The van der Waals surface area contributed by atoms with Crippen LogP contribution in [0.25, 0.3) is 0 Å². The predicted octanol–water partition coefficient (Wildman–Crippen LogP) is 1.79. The summed E-state index contributed by atoms with van der Waals surface area (Å²) < 4.78 is 2.05. The van der Waals surface area contributed by atoms with Crippen LogP contribution in [0.4, 0.5) is 0 Å². The molecule has 1 unspecified atom stereocenters. The molecule has 1 heterocycles. The molecule has 0 saturated carbocycles. The molecule has 1 atom stereocenters. The van der Waals surface area contributed by atoms with Gasteiger partial charge in [-0.3, -0.25) is 0 Å². The van der Waals surface area contributed by atoms with Crippen LogP contribution >= 0.6 is 0 Å². The highest BCUT2D eigenvalue weighted by Crippen LogP contribution is 2.02. The molecule has 0 aliphatic carbocycles. The molecule has 0 aliphatic heterocycles. The molecule has 1 N–H and O–H groups in total. The van der Waals surface area contributed by atoms with Crippen molar-refractivity contribution in [3.8, 4) is 0 Å². The summed E-state index contributed by atoms with van der Waals surface area (Å²) in [6, 6.07) is 0.455. The van der Waals surface area contributed by atoms with Crippen molar-refractivity contribution in [2.45, 2.75) is 59.5 Å². The molecule has 0 radical (unpaired) electrons. The average molecular weight is 224 g/mol. The van der Waals surface area contributed by atoms with Gasteiger partial charge >= 0.3 is 0 Å². The topological polar surface area (TPSA) is 42.7 Å². The van der Waals surface area contributed by atoms with Crippen LogP contribution in [0, 0.1) is 0 Å². The van der Waals surface area contributed by atoms with Crippen molar-refractivity contribution >= 4 is 0 Å². The van der Waals surface area contributed by atoms with Crippen molar-refractivity contribution in [1.82, 2.24) is 20.1 Å². The summed E-state index contributed by atoms with van der Waals surface area (Å²) in [4.78, 5) is 4.50. The molecular weight excluding hydrogens is 200 g/mol. The van der Waals surface area contributed by atoms with E-state index in [2.05, 4.69) is 43.1 Å². The van der Waals surface area contributed by atoms with Gasteiger partial charge in [0.2, 0.25) is 0 Å². The highest BCUT2D eigenvalue weighted by Gasteiger charge is 2.09. The van der Waals surface area contributed by atoms with Crippen LogP contribution in [0.2, 0.25) is 0 Å². The zero-order valence-corrected chi connectivity index (χ0v) is 11.0. The van der Waals surface area contributed by atoms with Gasteiger partial charge in [-0.2, -0.15) is 5.10 Å². The molecule has 1 aromatic rings. The van der Waals surface area contributed by atoms with Gasteiger partial charge in [-0.05, 0) is 19.9 Å². The quantitative estimate of drug-likeness (QED) is 0.768. The first-order chi connectivity index (χ1) is 7.71. The first kappa shape index (κ1) is 13.2. The molecule has 1 aromatic heterocycles. The van der Waals surface area contributed by atoms with Crippen molar-refractivity contribution < 1.29 is 0 Å². The lowest BCUT2D eigenvalue weighted by molar-refractivity contribution is 0.440. The van der Waals surface area contributed by atoms with Crippen LogP contribution in [0.5, 0.6) is 0 Å². The van der Waals surface area contributed by atoms with E-state index in [1.54, 1.807) is 0 Å². The summed E-state index contributed by atoms with van der Waals surface area (Å²) in [5.74, 6) is 2.06. The van der Waals surface area contributed by atoms with Crippen molar-refractivity contribution in [1.29, 1.82) is 0 Å². The Hall–Kier alpha value is -0.900. The third kappa shape index (κ3) is 3.59. The SMILES string of the molecule is CCCNC(C)Cn1nc(CC)nc1CC. The Morgan fingerprint density at radius 2 is 2.00 bits per heavy atom. The second-order valence-corrected chi connectivity index (χ2v) is 4.19. The van der Waals surface area contributed by atoms with Crippen LogP contribution < -0.4 is 5.32 Å². The highest BCUT2D eigenvalue weighted by molar-refractivity contribution is 4.93. The molecular formula is C12H24N4. The Morgan fingerprint density at radius 1 is 1.25 bits per heavy atom. The lowest BCUT2D eigenvalue weighted by Crippen LogP contribution is -2.31. The van der Waals surface area contributed by atoms with Crippen LogP contribution in [0.3, 0.4) is 0 Å². The number of rotatable bonds is 7. The first-order valence-corrected chi connectivity index (χ1v) is 6.37. The van der Waals surface area contributed by atoms with Gasteiger partial charge in [-0.1, -0.05) is 20.8 Å². The van der Waals surface area contributed by atoms with E-state index < -0.39 is 0 Å². The summed E-state index contributed by atoms with van der Waals surface area (Å²) in [6.45, 7) is 10.6. The number of aromatic nitrogens is 3. The molecule has 92 valence electrons. The Morgan fingerprint density at radius 3 is 2.56 bits per heavy atom. The molecule has 0 bridgehead atoms. The summed E-state index contributed by atoms with van der Waals surface area (Å²) >= 11 is 0. The van der Waals surface area contributed by atoms with E-state index >= 15 is 0 Å². The maximum Gasteiger partial charge on any atom is 0.150 e. The Bertz CT molecular complexity index is 306. The minimum atomic E-state index is 0.455. The van der Waals surface area contributed by atoms with Crippen molar-refractivity contribution in [3.05, 3.63) is 11.6 Å². The molecule has 0 aromatic carbocycles. The van der Waals surface area contributed by atoms with Gasteiger partial charge in [0.05, 0.1) is 6.54 Å². The monoisotopic (exact) mass is 224 g/mol. The van der Waals surface area contributed by atoms with E-state index in [0.717, 1.165) is 37.6 Å². The molecule has 0 spiro atoms. The van der Waals surface area contributed by atoms with Gasteiger partial charge in [0.25, 0.3) is 0 Å². The fourth-order valence-electron chi connectivity index (χ4n) is 1.70. The van der Waals surface area contributed by atoms with E-state index in [9.17, 15) is 0 Å². The minimum absolute atomic E-state index is 0.455. The zero-order valence-electron chi connectivity index (χ0n) is 11.0. The van der Waals surface area contributed by atoms with E-state index in [-0.39, 0.29) is 0 Å². The fourth-order valence-corrected chi connectivity index (χ4v) is 1.70. The lowest BCUT2D eigenvalue weighted by atomic mass is 10.3. The second-order valence-electron chi connectivity index (χ2n) is 4.19. The number of hydrogen-bond donors (Lipinski definition) is 1. The lowest BCUT2D eigenvalue weighted by Gasteiger charge is -2.13. The summed E-state index contributed by atoms with van der Waals surface area (Å²) in [5, 5.41) is 7.98. The van der Waals surface area contributed by atoms with E-state index in [4.69, 9.17) is 0 Å². The number of nitrogens with zero attached hydrogens (tertiary/aromatic N) is 3. The fraction of sp³-hybridized carbons (Fsp3) is 0.833. The van der Waals surface area contributed by atoms with Gasteiger partial charge in [-0.25, -0.2) is 9.67 Å². The third-order valence-electron chi connectivity index (χ3n) is 2.61. The third-order valence-corrected chi connectivity index (χ3v) is 2.61. The molecule has 0 saturated heterocycles. The van der Waals surface area contributed by atoms with E-state index in [1.807, 2.05) is 4.68 Å². The number of nitrogens with one attached hydrogen (secondary N) is 1. The molecule has 0 amide bonds. The predicted molar refractivity (Wildman–Crippen MR) is 66.5 cm³/mol. The molecule has 4 heteroatoms. The largest absolute Gasteiger partial charge is 0.312 e. The van der Waals surface area contributed by atoms with Crippen molar-refractivity contribution in [3.63, 3.8) is 0 Å². The highest BCUT2D eigenvalue weighted by atomic mass is 15.4. The maximum absolute atomic E-state index is 4.51. The van der Waals surface area contributed by atoms with Gasteiger partial charge in [-0.15, -0.1) is 0 Å². The number of aryl methyl sites for hydroxylation is 2. The molecule has 1 rings (SSSR count). The zero-order chi connectivity index (χ0) is 12.0. The maximum atomic E-state index is 4.51. The molecule has 4 nitrogen and oxygen atoms in total. The van der Waals surface area contributed by atoms with Gasteiger partial charge in [0, 0.05) is 18.9 Å². The second kappa shape index (κ2) is 6.63. The summed E-state index contributed by atoms with van der Waals surface area (Å²) in [7, 11) is 0. The van der Waals surface area contributed by atoms with Crippen LogP contribution in [-0.4, -0.2) is 27.4 Å². The minimum Gasteiger partial charge on any atom is -0.312 e. The normalized spacial score (nSPS) is 13.0. The van der Waals surface area contributed by atoms with Gasteiger partial charge in [0.1, 0.15) is 5.82 Å². The van der Waals surface area contributed by atoms with Gasteiger partial charge in [0.15, 0.2) is 5.82 Å². The first-order valence-electron chi connectivity index (χ1n) is 6.37. The van der Waals surface area contributed by atoms with E-state index in [0.29, 0.717) is 6.04 Å². The average Bonchev–Trinajstić information content (AvgIpc) is 2.68. The molecule has 0 aliphatic rings. The van der Waals surface area contributed by atoms with Crippen LogP contribution in [0.15, 0.2) is 0 Å². The van der Waals surface area contributed by atoms with Gasteiger partial charge < -0.3 is 5.32 Å². The Kier molecular flexibility index (Phi) is 5.46. The van der Waals surface area contributed by atoms with Crippen molar-refractivity contribution in [2.24, 2.45) is 0 Å². The molecule has 0 fully saturated rings. The van der Waals surface area contributed by atoms with Crippen LogP contribution in [-0.2, 0) is 19.4 Å². The van der Waals surface area contributed by atoms with Crippen LogP contribution in [0.1, 0.15) is 45.8 Å². The Balaban J connectivity index is 2.60.